The molecule has 0 aromatic heterocycles. The van der Waals surface area contributed by atoms with Crippen LogP contribution in [0.1, 0.15) is 33.4 Å². The second-order valence-electron chi connectivity index (χ2n) is 12.3. The van der Waals surface area contributed by atoms with Crippen LogP contribution >= 0.6 is 0 Å². The van der Waals surface area contributed by atoms with Crippen molar-refractivity contribution in [2.24, 2.45) is 4.99 Å². The molecule has 0 saturated carbocycles. The maximum absolute atomic E-state index is 5.33. The molecule has 1 spiro atoms. The van der Waals surface area contributed by atoms with Crippen LogP contribution in [-0.4, -0.2) is 6.21 Å². The lowest BCUT2D eigenvalue weighted by molar-refractivity contribution is 0.842. The Labute approximate surface area is 275 Å². The molecule has 0 bridgehead atoms. The highest BCUT2D eigenvalue weighted by atomic mass is 14.8. The average Bonchev–Trinajstić information content (AvgIpc) is 3.62. The van der Waals surface area contributed by atoms with Gasteiger partial charge in [-0.1, -0.05) is 182 Å². The lowest BCUT2D eigenvalue weighted by atomic mass is 9.68. The van der Waals surface area contributed by atoms with Crippen molar-refractivity contribution in [3.8, 4) is 33.4 Å². The molecule has 1 heteroatoms. The standard InChI is InChI=1S/C46H31N/c1-3-13-32(14-4-1)31-47-45-40-19-9-12-22-43(40)46(41-20-10-7-17-38(41)39-18-8-11-21-42(39)46)44(45)37-29-27-36(28-30-37)35-25-23-34(24-26-35)33-15-5-2-6-16-33/h1-31H/b47-31+. The molecule has 1 nitrogen and oxygen atoms in total. The summed E-state index contributed by atoms with van der Waals surface area (Å²) in [6.45, 7) is 0. The fraction of sp³-hybridized carbons (Fsp3) is 0.0217. The molecular formula is C46H31N. The summed E-state index contributed by atoms with van der Waals surface area (Å²) in [6.07, 6.45) is 2.01. The molecule has 7 aromatic rings. The van der Waals surface area contributed by atoms with E-state index in [0.29, 0.717) is 0 Å². The summed E-state index contributed by atoms with van der Waals surface area (Å²) >= 11 is 0. The minimum absolute atomic E-state index is 0.480. The van der Waals surface area contributed by atoms with Gasteiger partial charge >= 0.3 is 0 Å². The first-order chi connectivity index (χ1) is 23.3. The van der Waals surface area contributed by atoms with Crippen LogP contribution in [0.4, 0.5) is 0 Å². The van der Waals surface area contributed by atoms with Crippen molar-refractivity contribution < 1.29 is 0 Å². The number of nitrogens with zero attached hydrogens (tertiary/aromatic N) is 1. The summed E-state index contributed by atoms with van der Waals surface area (Å²) in [4.78, 5) is 5.33. The van der Waals surface area contributed by atoms with Gasteiger partial charge < -0.3 is 0 Å². The smallest absolute Gasteiger partial charge is 0.0759 e. The average molecular weight is 598 g/mol. The van der Waals surface area contributed by atoms with Crippen LogP contribution in [0.2, 0.25) is 0 Å². The molecule has 0 unspecified atom stereocenters. The van der Waals surface area contributed by atoms with E-state index in [1.54, 1.807) is 0 Å². The van der Waals surface area contributed by atoms with Crippen molar-refractivity contribution in [3.63, 3.8) is 0 Å². The number of hydrogen-bond donors (Lipinski definition) is 0. The third-order valence-electron chi connectivity index (χ3n) is 9.79. The van der Waals surface area contributed by atoms with E-state index >= 15 is 0 Å². The fourth-order valence-electron chi connectivity index (χ4n) is 7.74. The quantitative estimate of drug-likeness (QED) is 0.175. The summed E-state index contributed by atoms with van der Waals surface area (Å²) < 4.78 is 0. The lowest BCUT2D eigenvalue weighted by Gasteiger charge is -2.32. The Morgan fingerprint density at radius 2 is 0.723 bits per heavy atom. The van der Waals surface area contributed by atoms with Gasteiger partial charge in [0, 0.05) is 17.4 Å². The number of allylic oxidation sites excluding steroid dienone is 1. The largest absolute Gasteiger partial charge is 0.255 e. The van der Waals surface area contributed by atoms with Crippen molar-refractivity contribution >= 4 is 17.5 Å². The second kappa shape index (κ2) is 11.1. The Hall–Kier alpha value is -6.05. The van der Waals surface area contributed by atoms with Crippen molar-refractivity contribution in [3.05, 3.63) is 215 Å². The van der Waals surface area contributed by atoms with Gasteiger partial charge in [-0.15, -0.1) is 0 Å². The molecule has 0 atom stereocenters. The van der Waals surface area contributed by atoms with Crippen LogP contribution < -0.4 is 0 Å². The number of fused-ring (bicyclic) bond motifs is 7. The van der Waals surface area contributed by atoms with Gasteiger partial charge in [-0.05, 0) is 61.2 Å². The van der Waals surface area contributed by atoms with Gasteiger partial charge in [0.1, 0.15) is 0 Å². The first-order valence-corrected chi connectivity index (χ1v) is 16.2. The normalized spacial score (nSPS) is 14.0. The maximum Gasteiger partial charge on any atom is 0.0759 e. The van der Waals surface area contributed by atoms with Gasteiger partial charge in [-0.3, -0.25) is 4.99 Å². The van der Waals surface area contributed by atoms with E-state index in [1.807, 2.05) is 12.3 Å². The van der Waals surface area contributed by atoms with Crippen LogP contribution in [0.5, 0.6) is 0 Å². The molecule has 0 fully saturated rings. The highest BCUT2D eigenvalue weighted by Gasteiger charge is 2.53. The molecule has 7 aromatic carbocycles. The predicted molar refractivity (Wildman–Crippen MR) is 196 cm³/mol. The number of benzene rings is 7. The molecule has 2 aliphatic rings. The molecule has 9 rings (SSSR count). The molecule has 0 N–H and O–H groups in total. The topological polar surface area (TPSA) is 12.4 Å². The highest BCUT2D eigenvalue weighted by molar-refractivity contribution is 6.10. The molecule has 0 aliphatic heterocycles. The van der Waals surface area contributed by atoms with Gasteiger partial charge in [0.05, 0.1) is 11.1 Å². The molecule has 0 radical (unpaired) electrons. The molecule has 0 amide bonds. The Balaban J connectivity index is 1.25. The van der Waals surface area contributed by atoms with Crippen molar-refractivity contribution in [2.75, 3.05) is 0 Å². The zero-order valence-corrected chi connectivity index (χ0v) is 25.8. The fourth-order valence-corrected chi connectivity index (χ4v) is 7.74. The van der Waals surface area contributed by atoms with E-state index < -0.39 is 5.41 Å². The summed E-state index contributed by atoms with van der Waals surface area (Å²) in [5.74, 6) is 0. The highest BCUT2D eigenvalue weighted by Crippen LogP contribution is 2.64. The lowest BCUT2D eigenvalue weighted by Crippen LogP contribution is -2.26. The molecule has 2 aliphatic carbocycles. The Morgan fingerprint density at radius 3 is 1.26 bits per heavy atom. The van der Waals surface area contributed by atoms with Crippen LogP contribution in [-0.2, 0) is 5.41 Å². The predicted octanol–water partition coefficient (Wildman–Crippen LogP) is 11.3. The molecule has 220 valence electrons. The van der Waals surface area contributed by atoms with E-state index in [2.05, 4.69) is 176 Å². The third kappa shape index (κ3) is 4.28. The van der Waals surface area contributed by atoms with Crippen LogP contribution in [0.25, 0.3) is 44.7 Å². The minimum Gasteiger partial charge on any atom is -0.255 e. The van der Waals surface area contributed by atoms with E-state index in [0.717, 1.165) is 11.3 Å². The van der Waals surface area contributed by atoms with Gasteiger partial charge in [0.2, 0.25) is 0 Å². The molecule has 0 saturated heterocycles. The van der Waals surface area contributed by atoms with Gasteiger partial charge in [-0.25, -0.2) is 0 Å². The molecule has 0 heterocycles. The van der Waals surface area contributed by atoms with Gasteiger partial charge in [0.15, 0.2) is 0 Å². The summed E-state index contributed by atoms with van der Waals surface area (Å²) in [7, 11) is 0. The van der Waals surface area contributed by atoms with E-state index in [4.69, 9.17) is 4.99 Å². The van der Waals surface area contributed by atoms with Crippen molar-refractivity contribution in [2.45, 2.75) is 5.41 Å². The van der Waals surface area contributed by atoms with Crippen LogP contribution in [0.15, 0.2) is 187 Å². The van der Waals surface area contributed by atoms with E-state index in [9.17, 15) is 0 Å². The Kier molecular flexibility index (Phi) is 6.43. The monoisotopic (exact) mass is 597 g/mol. The first-order valence-electron chi connectivity index (χ1n) is 16.2. The van der Waals surface area contributed by atoms with E-state index in [1.165, 1.54) is 66.8 Å². The van der Waals surface area contributed by atoms with E-state index in [-0.39, 0.29) is 0 Å². The zero-order chi connectivity index (χ0) is 31.2. The Morgan fingerprint density at radius 1 is 0.340 bits per heavy atom. The minimum atomic E-state index is -0.480. The first kappa shape index (κ1) is 27.3. The summed E-state index contributed by atoms with van der Waals surface area (Å²) in [6, 6.07) is 65.7. The maximum atomic E-state index is 5.33. The number of aliphatic imine (C=N–C) groups is 1. The van der Waals surface area contributed by atoms with Crippen molar-refractivity contribution in [1.82, 2.24) is 0 Å². The zero-order valence-electron chi connectivity index (χ0n) is 25.8. The van der Waals surface area contributed by atoms with Gasteiger partial charge in [-0.2, -0.15) is 0 Å². The second-order valence-corrected chi connectivity index (χ2v) is 12.3. The summed E-state index contributed by atoms with van der Waals surface area (Å²) in [5, 5.41) is 0. The Bertz CT molecular complexity index is 2260. The van der Waals surface area contributed by atoms with Crippen LogP contribution in [0, 0.1) is 0 Å². The summed E-state index contributed by atoms with van der Waals surface area (Å²) in [5.41, 5.74) is 16.6. The van der Waals surface area contributed by atoms with Gasteiger partial charge in [0.25, 0.3) is 0 Å². The number of rotatable bonds is 5. The molecule has 47 heavy (non-hydrogen) atoms. The third-order valence-corrected chi connectivity index (χ3v) is 9.79. The molecular weight excluding hydrogens is 567 g/mol. The van der Waals surface area contributed by atoms with Crippen molar-refractivity contribution in [1.29, 1.82) is 0 Å². The number of hydrogen-bond acceptors (Lipinski definition) is 1. The SMILES string of the molecule is C(=N\C1=C(c2ccc(-c3ccc(-c4ccccc4)cc3)cc2)C2(c3ccccc31)c1ccccc1-c1ccccc12)/c1ccccc1. The van der Waals surface area contributed by atoms with Crippen LogP contribution in [0.3, 0.4) is 0 Å².